The Morgan fingerprint density at radius 1 is 1.19 bits per heavy atom. The summed E-state index contributed by atoms with van der Waals surface area (Å²) in [4.78, 5) is -1.62. The molecule has 9 heteroatoms. The zero-order valence-corrected chi connectivity index (χ0v) is 11.7. The molecule has 1 aliphatic heterocycles. The molecule has 1 unspecified atom stereocenters. The minimum absolute atomic E-state index is 0.0330. The summed E-state index contributed by atoms with van der Waals surface area (Å²) in [6.45, 7) is 1.32. The minimum Gasteiger partial charge on any atom is -0.316 e. The van der Waals surface area contributed by atoms with Crippen molar-refractivity contribution in [2.75, 3.05) is 19.6 Å². The first-order valence-electron chi connectivity index (χ1n) is 6.36. The fourth-order valence-corrected chi connectivity index (χ4v) is 3.45. The average Bonchev–Trinajstić information content (AvgIpc) is 2.44. The second kappa shape index (κ2) is 6.29. The third kappa shape index (κ3) is 3.53. The van der Waals surface area contributed by atoms with E-state index in [1.165, 1.54) is 0 Å². The number of hydrogen-bond donors (Lipinski definition) is 2. The van der Waals surface area contributed by atoms with Gasteiger partial charge in [0, 0.05) is 12.6 Å². The number of hydrogen-bond acceptors (Lipinski definition) is 3. The van der Waals surface area contributed by atoms with Gasteiger partial charge in [0.25, 0.3) is 0 Å². The van der Waals surface area contributed by atoms with Gasteiger partial charge >= 0.3 is 0 Å². The molecule has 4 nitrogen and oxygen atoms in total. The van der Waals surface area contributed by atoms with Crippen LogP contribution in [-0.2, 0) is 10.0 Å². The van der Waals surface area contributed by atoms with E-state index in [0.29, 0.717) is 6.54 Å². The molecule has 2 N–H and O–H groups in total. The van der Waals surface area contributed by atoms with Gasteiger partial charge < -0.3 is 5.32 Å². The topological polar surface area (TPSA) is 58.2 Å². The fraction of sp³-hybridized carbons (Fsp3) is 0.500. The number of benzene rings is 1. The Morgan fingerprint density at radius 3 is 2.33 bits per heavy atom. The van der Waals surface area contributed by atoms with E-state index in [4.69, 9.17) is 0 Å². The molecule has 118 valence electrons. The summed E-state index contributed by atoms with van der Waals surface area (Å²) in [7, 11) is -4.67. The number of sulfonamides is 1. The maximum Gasteiger partial charge on any atom is 0.246 e. The van der Waals surface area contributed by atoms with Crippen LogP contribution in [0.3, 0.4) is 0 Å². The summed E-state index contributed by atoms with van der Waals surface area (Å²) in [5.74, 6) is -7.41. The van der Waals surface area contributed by atoms with Crippen LogP contribution in [0.2, 0.25) is 0 Å². The van der Waals surface area contributed by atoms with Crippen molar-refractivity contribution in [3.63, 3.8) is 0 Å². The molecule has 0 aromatic heterocycles. The van der Waals surface area contributed by atoms with Crippen molar-refractivity contribution in [2.24, 2.45) is 5.92 Å². The van der Waals surface area contributed by atoms with Gasteiger partial charge in [0.05, 0.1) is 0 Å². The van der Waals surface area contributed by atoms with Gasteiger partial charge in [-0.15, -0.1) is 0 Å². The molecular weight excluding hydrogens is 312 g/mol. The van der Waals surface area contributed by atoms with Crippen LogP contribution in [0.1, 0.15) is 12.8 Å². The molecular formula is C12H14F4N2O2S. The molecule has 0 amide bonds. The lowest BCUT2D eigenvalue weighted by molar-refractivity contribution is 0.374. The molecule has 2 rings (SSSR count). The first kappa shape index (κ1) is 16.2. The third-order valence-corrected chi connectivity index (χ3v) is 4.74. The summed E-state index contributed by atoms with van der Waals surface area (Å²) in [5.41, 5.74) is 0. The number of rotatable bonds is 4. The Balaban J connectivity index is 2.23. The molecule has 1 saturated heterocycles. The lowest BCUT2D eigenvalue weighted by atomic mass is 10.0. The predicted octanol–water partition coefficient (Wildman–Crippen LogP) is 1.52. The highest BCUT2D eigenvalue weighted by molar-refractivity contribution is 7.89. The second-order valence-corrected chi connectivity index (χ2v) is 6.57. The highest BCUT2D eigenvalue weighted by Gasteiger charge is 2.30. The SMILES string of the molecule is O=S(=O)(NCC1CCCNC1)c1c(F)c(F)cc(F)c1F. The van der Waals surface area contributed by atoms with Crippen molar-refractivity contribution in [3.8, 4) is 0 Å². The van der Waals surface area contributed by atoms with Crippen LogP contribution in [0.5, 0.6) is 0 Å². The first-order valence-corrected chi connectivity index (χ1v) is 7.84. The Hall–Kier alpha value is -1.19. The van der Waals surface area contributed by atoms with Crippen LogP contribution in [-0.4, -0.2) is 28.1 Å². The van der Waals surface area contributed by atoms with Crippen LogP contribution >= 0.6 is 0 Å². The molecule has 1 atom stereocenters. The molecule has 1 aliphatic rings. The normalized spacial score (nSPS) is 19.7. The standard InChI is InChI=1S/C12H14F4N2O2S/c13-8-4-9(14)11(16)12(10(8)15)21(19,20)18-6-7-2-1-3-17-5-7/h4,7,17-18H,1-3,5-6H2. The smallest absolute Gasteiger partial charge is 0.246 e. The van der Waals surface area contributed by atoms with Crippen molar-refractivity contribution >= 4 is 10.0 Å². The van der Waals surface area contributed by atoms with Gasteiger partial charge in [-0.1, -0.05) is 0 Å². The Kier molecular flexibility index (Phi) is 4.84. The zero-order chi connectivity index (χ0) is 15.6. The van der Waals surface area contributed by atoms with Crippen molar-refractivity contribution in [1.82, 2.24) is 10.0 Å². The van der Waals surface area contributed by atoms with Gasteiger partial charge in [-0.25, -0.2) is 30.7 Å². The van der Waals surface area contributed by atoms with E-state index in [1.54, 1.807) is 0 Å². The highest BCUT2D eigenvalue weighted by atomic mass is 32.2. The summed E-state index contributed by atoms with van der Waals surface area (Å²) in [6, 6.07) is -0.0330. The van der Waals surface area contributed by atoms with Crippen molar-refractivity contribution in [2.45, 2.75) is 17.7 Å². The van der Waals surface area contributed by atoms with Crippen LogP contribution in [0, 0.1) is 29.2 Å². The average molecular weight is 326 g/mol. The molecule has 1 fully saturated rings. The summed E-state index contributed by atoms with van der Waals surface area (Å²) >= 11 is 0. The van der Waals surface area contributed by atoms with Gasteiger partial charge in [0.15, 0.2) is 28.2 Å². The Bertz CT molecular complexity index is 604. The largest absolute Gasteiger partial charge is 0.316 e. The van der Waals surface area contributed by atoms with E-state index in [1.807, 2.05) is 4.72 Å². The molecule has 0 radical (unpaired) electrons. The monoisotopic (exact) mass is 326 g/mol. The minimum atomic E-state index is -4.67. The van der Waals surface area contributed by atoms with E-state index >= 15 is 0 Å². The molecule has 0 aliphatic carbocycles. The Labute approximate surface area is 119 Å². The lowest BCUT2D eigenvalue weighted by Gasteiger charge is -2.22. The van der Waals surface area contributed by atoms with E-state index < -0.39 is 38.2 Å². The molecule has 0 bridgehead atoms. The quantitative estimate of drug-likeness (QED) is 0.652. The summed E-state index contributed by atoms with van der Waals surface area (Å²) in [5, 5.41) is 3.05. The van der Waals surface area contributed by atoms with Crippen molar-refractivity contribution < 1.29 is 26.0 Å². The van der Waals surface area contributed by atoms with E-state index in [2.05, 4.69) is 5.32 Å². The van der Waals surface area contributed by atoms with Gasteiger partial charge in [0.1, 0.15) is 0 Å². The molecule has 1 aromatic rings. The molecule has 21 heavy (non-hydrogen) atoms. The van der Waals surface area contributed by atoms with Crippen LogP contribution in [0.15, 0.2) is 11.0 Å². The summed E-state index contributed by atoms with van der Waals surface area (Å²) < 4.78 is 78.9. The maximum atomic E-state index is 13.5. The fourth-order valence-electron chi connectivity index (χ4n) is 2.19. The van der Waals surface area contributed by atoms with E-state index in [9.17, 15) is 26.0 Å². The van der Waals surface area contributed by atoms with Crippen LogP contribution in [0.4, 0.5) is 17.6 Å². The second-order valence-electron chi connectivity index (χ2n) is 4.86. The maximum absolute atomic E-state index is 13.5. The van der Waals surface area contributed by atoms with Gasteiger partial charge in [-0.2, -0.15) is 0 Å². The number of nitrogens with one attached hydrogen (secondary N) is 2. The highest BCUT2D eigenvalue weighted by Crippen LogP contribution is 2.23. The van der Waals surface area contributed by atoms with Crippen molar-refractivity contribution in [1.29, 1.82) is 0 Å². The van der Waals surface area contributed by atoms with Crippen LogP contribution in [0.25, 0.3) is 0 Å². The summed E-state index contributed by atoms with van der Waals surface area (Å²) in [6.07, 6.45) is 1.60. The molecule has 0 spiro atoms. The zero-order valence-electron chi connectivity index (χ0n) is 10.9. The van der Waals surface area contributed by atoms with Gasteiger partial charge in [-0.3, -0.25) is 0 Å². The lowest BCUT2D eigenvalue weighted by Crippen LogP contribution is -2.38. The van der Waals surface area contributed by atoms with E-state index in [-0.39, 0.29) is 18.5 Å². The van der Waals surface area contributed by atoms with Crippen molar-refractivity contribution in [3.05, 3.63) is 29.3 Å². The molecule has 1 heterocycles. The predicted molar refractivity (Wildman–Crippen MR) is 67.1 cm³/mol. The number of halogens is 4. The Morgan fingerprint density at radius 2 is 1.81 bits per heavy atom. The van der Waals surface area contributed by atoms with E-state index in [0.717, 1.165) is 19.4 Å². The van der Waals surface area contributed by atoms with Crippen LogP contribution < -0.4 is 10.0 Å². The molecule has 0 saturated carbocycles. The molecule has 1 aromatic carbocycles. The van der Waals surface area contributed by atoms with Gasteiger partial charge in [-0.05, 0) is 31.8 Å². The van der Waals surface area contributed by atoms with Gasteiger partial charge in [0.2, 0.25) is 10.0 Å². The first-order chi connectivity index (χ1) is 9.83. The number of piperidine rings is 1. The third-order valence-electron chi connectivity index (χ3n) is 3.30.